The van der Waals surface area contributed by atoms with E-state index < -0.39 is 76.0 Å². The predicted molar refractivity (Wildman–Crippen MR) is 134 cm³/mol. The van der Waals surface area contributed by atoms with Crippen molar-refractivity contribution >= 4 is 63.7 Å². The Morgan fingerprint density at radius 3 is 2.00 bits per heavy atom. The van der Waals surface area contributed by atoms with Crippen LogP contribution in [0.25, 0.3) is 5.83 Å². The molecule has 2 aromatic rings. The van der Waals surface area contributed by atoms with Crippen LogP contribution >= 0.6 is 47.0 Å². The van der Waals surface area contributed by atoms with E-state index in [4.69, 9.17) is 47.0 Å². The first-order valence-electron chi connectivity index (χ1n) is 10.6. The number of carbonyl (C=O) groups is 1. The average Bonchev–Trinajstić information content (AvgIpc) is 2.81. The third-order valence-corrected chi connectivity index (χ3v) is 6.61. The largest absolute Gasteiger partial charge is 0.417 e. The van der Waals surface area contributed by atoms with E-state index >= 15 is 0 Å². The van der Waals surface area contributed by atoms with Crippen molar-refractivity contribution < 1.29 is 48.7 Å². The number of thiocarbonyl (C=S) groups is 1. The van der Waals surface area contributed by atoms with Gasteiger partial charge in [0.2, 0.25) is 5.91 Å². The Labute approximate surface area is 240 Å². The monoisotopic (exact) mass is 662 g/mol. The lowest BCUT2D eigenvalue weighted by molar-refractivity contribution is -0.140. The molecule has 0 saturated heterocycles. The van der Waals surface area contributed by atoms with Crippen LogP contribution in [-0.2, 0) is 11.0 Å². The van der Waals surface area contributed by atoms with Gasteiger partial charge in [-0.2, -0.15) is 39.5 Å². The lowest BCUT2D eigenvalue weighted by Gasteiger charge is -2.20. The molecular weight excluding hydrogens is 649 g/mol. The van der Waals surface area contributed by atoms with Gasteiger partial charge < -0.3 is 10.6 Å². The summed E-state index contributed by atoms with van der Waals surface area (Å²) in [5.41, 5.74) is -3.94. The number of amides is 1. The lowest BCUT2D eigenvalue weighted by Crippen LogP contribution is -2.47. The van der Waals surface area contributed by atoms with Crippen LogP contribution in [0, 0.1) is 0 Å². The highest BCUT2D eigenvalue weighted by Gasteiger charge is 2.41. The molecule has 2 atom stereocenters. The summed E-state index contributed by atoms with van der Waals surface area (Å²) >= 11 is 22.1. The number of carbonyl (C=O) groups excluding carboxylic acids is 1. The van der Waals surface area contributed by atoms with Gasteiger partial charge >= 0.3 is 18.5 Å². The van der Waals surface area contributed by atoms with Crippen molar-refractivity contribution in [1.29, 1.82) is 0 Å². The van der Waals surface area contributed by atoms with Crippen LogP contribution in [-0.4, -0.2) is 35.8 Å². The Hall–Kier alpha value is -2.29. The van der Waals surface area contributed by atoms with Gasteiger partial charge in [-0.1, -0.05) is 59.2 Å². The summed E-state index contributed by atoms with van der Waals surface area (Å²) in [4.78, 5) is 11.1. The maximum absolute atomic E-state index is 15.0. The summed E-state index contributed by atoms with van der Waals surface area (Å²) in [7, 11) is 0. The molecule has 220 valence electrons. The van der Waals surface area contributed by atoms with Crippen molar-refractivity contribution in [2.75, 3.05) is 6.54 Å². The van der Waals surface area contributed by atoms with Gasteiger partial charge in [0.1, 0.15) is 29.3 Å². The molecule has 40 heavy (non-hydrogen) atoms. The third-order valence-electron chi connectivity index (χ3n) is 5.08. The zero-order valence-corrected chi connectivity index (χ0v) is 22.6. The van der Waals surface area contributed by atoms with Gasteiger partial charge in [-0.25, -0.2) is 4.39 Å². The molecule has 0 bridgehead atoms. The van der Waals surface area contributed by atoms with Crippen molar-refractivity contribution in [3.63, 3.8) is 0 Å². The SMILES string of the molecule is CC(NC(=S)c1ccc(/C(F)=C/C(c2cc(Cl)c(Cl)c(Cl)c2)C(F)(F)F)cc1C(F)(F)F)C(=O)NCC(F)(F)F. The quantitative estimate of drug-likeness (QED) is 0.177. The first-order valence-corrected chi connectivity index (χ1v) is 12.1. The van der Waals surface area contributed by atoms with E-state index in [1.165, 1.54) is 5.32 Å². The van der Waals surface area contributed by atoms with Gasteiger partial charge in [0, 0.05) is 11.1 Å². The van der Waals surface area contributed by atoms with Crippen molar-refractivity contribution in [3.8, 4) is 0 Å². The maximum Gasteiger partial charge on any atom is 0.417 e. The number of hydrogen-bond acceptors (Lipinski definition) is 2. The van der Waals surface area contributed by atoms with E-state index in [1.807, 2.05) is 0 Å². The molecule has 2 rings (SSSR count). The van der Waals surface area contributed by atoms with Gasteiger partial charge in [-0.3, -0.25) is 4.79 Å². The van der Waals surface area contributed by atoms with Crippen molar-refractivity contribution in [1.82, 2.24) is 10.6 Å². The molecule has 0 aliphatic carbocycles. The highest BCUT2D eigenvalue weighted by molar-refractivity contribution is 7.80. The fraction of sp³-hybridized carbons (Fsp3) is 0.304. The molecule has 0 radical (unpaired) electrons. The molecule has 3 nitrogen and oxygen atoms in total. The minimum atomic E-state index is -5.21. The zero-order chi connectivity index (χ0) is 30.8. The summed E-state index contributed by atoms with van der Waals surface area (Å²) in [5, 5.41) is 2.64. The second-order valence-electron chi connectivity index (χ2n) is 8.12. The second-order valence-corrected chi connectivity index (χ2v) is 9.72. The van der Waals surface area contributed by atoms with Crippen molar-refractivity contribution in [3.05, 3.63) is 73.7 Å². The van der Waals surface area contributed by atoms with E-state index in [2.05, 4.69) is 5.32 Å². The fourth-order valence-electron chi connectivity index (χ4n) is 3.18. The number of nitrogens with one attached hydrogen (secondary N) is 2. The van der Waals surface area contributed by atoms with Crippen LogP contribution in [0.15, 0.2) is 36.4 Å². The molecule has 0 aliphatic rings. The van der Waals surface area contributed by atoms with Crippen LogP contribution < -0.4 is 10.6 Å². The molecule has 0 aliphatic heterocycles. The molecule has 0 saturated carbocycles. The number of halogens is 13. The van der Waals surface area contributed by atoms with Crippen molar-refractivity contribution in [2.24, 2.45) is 0 Å². The normalized spacial score (nSPS) is 14.5. The summed E-state index contributed by atoms with van der Waals surface area (Å²) in [6.45, 7) is -0.680. The van der Waals surface area contributed by atoms with Crippen LogP contribution in [0.2, 0.25) is 15.1 Å². The molecule has 1 amide bonds. The van der Waals surface area contributed by atoms with Gasteiger partial charge in [0.15, 0.2) is 0 Å². The third kappa shape index (κ3) is 9.11. The number of allylic oxidation sites excluding steroid dienone is 1. The van der Waals surface area contributed by atoms with Gasteiger partial charge in [0.05, 0.1) is 20.6 Å². The highest BCUT2D eigenvalue weighted by atomic mass is 35.5. The van der Waals surface area contributed by atoms with Gasteiger partial charge in [-0.15, -0.1) is 0 Å². The molecule has 2 aromatic carbocycles. The molecule has 2 unspecified atom stereocenters. The summed E-state index contributed by atoms with van der Waals surface area (Å²) in [6, 6.07) is 1.57. The van der Waals surface area contributed by atoms with Crippen LogP contribution in [0.5, 0.6) is 0 Å². The Kier molecular flexibility index (Phi) is 10.8. The standard InChI is InChI=1S/C23H15Cl3F10N2OS/c1-9(19(39)37-8-21(28,29)30)38-20(40)12-3-2-10(4-14(12)23(34,35)36)17(27)7-13(22(31,32)33)11-5-15(24)18(26)16(25)6-11/h2-7,9,13H,8H2,1H3,(H,37,39)(H,38,40)/b17-7-. The first kappa shape index (κ1) is 33.9. The van der Waals surface area contributed by atoms with Crippen LogP contribution in [0.3, 0.4) is 0 Å². The second kappa shape index (κ2) is 12.7. The number of alkyl halides is 9. The smallest absolute Gasteiger partial charge is 0.364 e. The molecule has 0 fully saturated rings. The number of hydrogen-bond donors (Lipinski definition) is 2. The summed E-state index contributed by atoms with van der Waals surface area (Å²) in [6.07, 6.45) is -15.1. The average molecular weight is 664 g/mol. The van der Waals surface area contributed by atoms with Crippen LogP contribution in [0.4, 0.5) is 43.9 Å². The predicted octanol–water partition coefficient (Wildman–Crippen LogP) is 8.65. The van der Waals surface area contributed by atoms with E-state index in [0.29, 0.717) is 12.1 Å². The van der Waals surface area contributed by atoms with E-state index in [1.54, 1.807) is 0 Å². The zero-order valence-electron chi connectivity index (χ0n) is 19.6. The Balaban J connectivity index is 2.45. The number of benzene rings is 2. The Bertz CT molecular complexity index is 1290. The van der Waals surface area contributed by atoms with E-state index in [0.717, 1.165) is 19.1 Å². The van der Waals surface area contributed by atoms with Crippen molar-refractivity contribution in [2.45, 2.75) is 37.4 Å². The number of rotatable bonds is 7. The lowest BCUT2D eigenvalue weighted by atomic mass is 9.95. The molecule has 0 spiro atoms. The van der Waals surface area contributed by atoms with Gasteiger partial charge in [0.25, 0.3) is 0 Å². The first-order chi connectivity index (χ1) is 18.1. The summed E-state index contributed by atoms with van der Waals surface area (Å²) < 4.78 is 134. The Morgan fingerprint density at radius 1 is 0.975 bits per heavy atom. The molecule has 0 aromatic heterocycles. The molecule has 2 N–H and O–H groups in total. The van der Waals surface area contributed by atoms with E-state index in [-0.39, 0.29) is 27.2 Å². The topological polar surface area (TPSA) is 41.1 Å². The summed E-state index contributed by atoms with van der Waals surface area (Å²) in [5.74, 6) is -5.62. The highest BCUT2D eigenvalue weighted by Crippen LogP contribution is 2.42. The maximum atomic E-state index is 15.0. The molecule has 0 heterocycles. The Morgan fingerprint density at radius 2 is 1.52 bits per heavy atom. The van der Waals surface area contributed by atoms with Gasteiger partial charge in [-0.05, 0) is 36.8 Å². The minimum absolute atomic E-state index is 0.0225. The molecule has 17 heteroatoms. The fourth-order valence-corrected chi connectivity index (χ4v) is 4.15. The van der Waals surface area contributed by atoms with Crippen LogP contribution in [0.1, 0.15) is 35.1 Å². The van der Waals surface area contributed by atoms with E-state index in [9.17, 15) is 48.7 Å². The minimum Gasteiger partial charge on any atom is -0.364 e. The molecular formula is C23H15Cl3F10N2OS.